The Morgan fingerprint density at radius 2 is 2.11 bits per heavy atom. The summed E-state index contributed by atoms with van der Waals surface area (Å²) >= 11 is 0. The SMILES string of the molecule is COc1ccc(CN(CCCN)C(C)C)cc1F. The van der Waals surface area contributed by atoms with Crippen molar-refractivity contribution in [1.82, 2.24) is 4.90 Å². The highest BCUT2D eigenvalue weighted by atomic mass is 19.1. The molecule has 0 aliphatic rings. The fraction of sp³-hybridized carbons (Fsp3) is 0.571. The molecule has 0 saturated heterocycles. The predicted molar refractivity (Wildman–Crippen MR) is 72.2 cm³/mol. The summed E-state index contributed by atoms with van der Waals surface area (Å²) in [6, 6.07) is 5.53. The number of ether oxygens (including phenoxy) is 1. The van der Waals surface area contributed by atoms with Crippen molar-refractivity contribution < 1.29 is 9.13 Å². The van der Waals surface area contributed by atoms with Gasteiger partial charge in [0.05, 0.1) is 7.11 Å². The molecule has 0 spiro atoms. The lowest BCUT2D eigenvalue weighted by Crippen LogP contribution is -2.32. The van der Waals surface area contributed by atoms with Gasteiger partial charge in [-0.05, 0) is 51.1 Å². The summed E-state index contributed by atoms with van der Waals surface area (Å²) in [5.41, 5.74) is 6.49. The molecule has 0 aliphatic carbocycles. The van der Waals surface area contributed by atoms with Crippen LogP contribution in [0.2, 0.25) is 0 Å². The van der Waals surface area contributed by atoms with Gasteiger partial charge in [0.2, 0.25) is 0 Å². The second-order valence-corrected chi connectivity index (χ2v) is 4.68. The molecule has 2 N–H and O–H groups in total. The van der Waals surface area contributed by atoms with Gasteiger partial charge >= 0.3 is 0 Å². The van der Waals surface area contributed by atoms with Crippen molar-refractivity contribution in [3.05, 3.63) is 29.6 Å². The van der Waals surface area contributed by atoms with E-state index in [1.807, 2.05) is 6.07 Å². The van der Waals surface area contributed by atoms with Gasteiger partial charge in [0.1, 0.15) is 0 Å². The van der Waals surface area contributed by atoms with Crippen LogP contribution in [0.25, 0.3) is 0 Å². The summed E-state index contributed by atoms with van der Waals surface area (Å²) in [4.78, 5) is 2.29. The van der Waals surface area contributed by atoms with E-state index in [4.69, 9.17) is 10.5 Å². The van der Waals surface area contributed by atoms with Crippen LogP contribution in [0.4, 0.5) is 4.39 Å². The largest absolute Gasteiger partial charge is 0.494 e. The van der Waals surface area contributed by atoms with E-state index < -0.39 is 0 Å². The third-order valence-electron chi connectivity index (χ3n) is 2.98. The average molecular weight is 254 g/mol. The first-order valence-electron chi connectivity index (χ1n) is 6.35. The maximum Gasteiger partial charge on any atom is 0.165 e. The van der Waals surface area contributed by atoms with Crippen LogP contribution in [-0.4, -0.2) is 31.1 Å². The summed E-state index contributed by atoms with van der Waals surface area (Å²) in [5.74, 6) is -0.0191. The Kier molecular flexibility index (Phi) is 6.09. The highest BCUT2D eigenvalue weighted by Gasteiger charge is 2.11. The molecule has 0 heterocycles. The van der Waals surface area contributed by atoms with E-state index in [2.05, 4.69) is 18.7 Å². The number of methoxy groups -OCH3 is 1. The number of halogens is 1. The minimum absolute atomic E-state index is 0.289. The van der Waals surface area contributed by atoms with Gasteiger partial charge in [-0.15, -0.1) is 0 Å². The Bertz CT molecular complexity index is 369. The maximum atomic E-state index is 13.6. The average Bonchev–Trinajstić information content (AvgIpc) is 2.34. The van der Waals surface area contributed by atoms with Crippen molar-refractivity contribution in [2.24, 2.45) is 5.73 Å². The van der Waals surface area contributed by atoms with Crippen molar-refractivity contribution >= 4 is 0 Å². The molecule has 0 bridgehead atoms. The zero-order chi connectivity index (χ0) is 13.5. The van der Waals surface area contributed by atoms with Gasteiger partial charge in [-0.3, -0.25) is 4.90 Å². The molecule has 0 aliphatic heterocycles. The normalized spacial score (nSPS) is 11.3. The lowest BCUT2D eigenvalue weighted by molar-refractivity contribution is 0.211. The van der Waals surface area contributed by atoms with Crippen LogP contribution in [0, 0.1) is 5.82 Å². The second-order valence-electron chi connectivity index (χ2n) is 4.68. The Labute approximate surface area is 109 Å². The lowest BCUT2D eigenvalue weighted by Gasteiger charge is -2.26. The zero-order valence-corrected chi connectivity index (χ0v) is 11.4. The van der Waals surface area contributed by atoms with Gasteiger partial charge in [-0.25, -0.2) is 4.39 Å². The predicted octanol–water partition coefficient (Wildman–Crippen LogP) is 2.39. The topological polar surface area (TPSA) is 38.5 Å². The molecule has 102 valence electrons. The van der Waals surface area contributed by atoms with Gasteiger partial charge in [0.15, 0.2) is 11.6 Å². The molecule has 0 radical (unpaired) electrons. The summed E-state index contributed by atoms with van der Waals surface area (Å²) in [7, 11) is 1.47. The van der Waals surface area contributed by atoms with Crippen LogP contribution >= 0.6 is 0 Å². The van der Waals surface area contributed by atoms with Crippen molar-refractivity contribution in [3.8, 4) is 5.75 Å². The van der Waals surface area contributed by atoms with Gasteiger partial charge in [-0.1, -0.05) is 6.07 Å². The third-order valence-corrected chi connectivity index (χ3v) is 2.98. The van der Waals surface area contributed by atoms with Crippen LogP contribution in [0.1, 0.15) is 25.8 Å². The van der Waals surface area contributed by atoms with Gasteiger partial charge in [0.25, 0.3) is 0 Å². The van der Waals surface area contributed by atoms with Gasteiger partial charge in [0, 0.05) is 12.6 Å². The fourth-order valence-corrected chi connectivity index (χ4v) is 1.86. The van der Waals surface area contributed by atoms with E-state index in [9.17, 15) is 4.39 Å². The standard InChI is InChI=1S/C14H23FN2O/c1-11(2)17(8-4-7-16)10-12-5-6-14(18-3)13(15)9-12/h5-6,9,11H,4,7-8,10,16H2,1-3H3. The first-order chi connectivity index (χ1) is 8.58. The van der Waals surface area contributed by atoms with Crippen LogP contribution in [-0.2, 0) is 6.54 Å². The molecule has 1 aromatic rings. The van der Waals surface area contributed by atoms with Crippen LogP contribution in [0.15, 0.2) is 18.2 Å². The number of rotatable bonds is 7. The second kappa shape index (κ2) is 7.34. The summed E-state index contributed by atoms with van der Waals surface area (Å²) < 4.78 is 18.5. The highest BCUT2D eigenvalue weighted by Crippen LogP contribution is 2.19. The minimum atomic E-state index is -0.308. The fourth-order valence-electron chi connectivity index (χ4n) is 1.86. The number of nitrogens with two attached hydrogens (primary N) is 1. The van der Waals surface area contributed by atoms with E-state index in [0.29, 0.717) is 12.6 Å². The van der Waals surface area contributed by atoms with E-state index in [-0.39, 0.29) is 11.6 Å². The molecule has 1 rings (SSSR count). The van der Waals surface area contributed by atoms with Gasteiger partial charge in [-0.2, -0.15) is 0 Å². The number of benzene rings is 1. The molecule has 4 heteroatoms. The molecule has 0 amide bonds. The Hall–Kier alpha value is -1.13. The van der Waals surface area contributed by atoms with Crippen molar-refractivity contribution in [2.75, 3.05) is 20.2 Å². The number of hydrogen-bond donors (Lipinski definition) is 1. The number of nitrogens with zero attached hydrogens (tertiary/aromatic N) is 1. The molecule has 0 atom stereocenters. The van der Waals surface area contributed by atoms with E-state index >= 15 is 0 Å². The molecule has 0 aromatic heterocycles. The highest BCUT2D eigenvalue weighted by molar-refractivity contribution is 5.29. The Balaban J connectivity index is 2.71. The molecular formula is C14H23FN2O. The van der Waals surface area contributed by atoms with E-state index in [1.54, 1.807) is 6.07 Å². The zero-order valence-electron chi connectivity index (χ0n) is 11.4. The molecular weight excluding hydrogens is 231 g/mol. The molecule has 0 unspecified atom stereocenters. The van der Waals surface area contributed by atoms with Crippen molar-refractivity contribution in [1.29, 1.82) is 0 Å². The van der Waals surface area contributed by atoms with Crippen LogP contribution in [0.5, 0.6) is 5.75 Å². The van der Waals surface area contributed by atoms with E-state index in [1.165, 1.54) is 13.2 Å². The Morgan fingerprint density at radius 1 is 1.39 bits per heavy atom. The minimum Gasteiger partial charge on any atom is -0.494 e. The lowest BCUT2D eigenvalue weighted by atomic mass is 10.1. The first-order valence-corrected chi connectivity index (χ1v) is 6.35. The maximum absolute atomic E-state index is 13.6. The van der Waals surface area contributed by atoms with Crippen molar-refractivity contribution in [3.63, 3.8) is 0 Å². The molecule has 1 aromatic carbocycles. The summed E-state index contributed by atoms with van der Waals surface area (Å²) in [6.07, 6.45) is 0.955. The molecule has 18 heavy (non-hydrogen) atoms. The van der Waals surface area contributed by atoms with Crippen LogP contribution in [0.3, 0.4) is 0 Å². The Morgan fingerprint density at radius 3 is 2.61 bits per heavy atom. The molecule has 0 saturated carbocycles. The van der Waals surface area contributed by atoms with Crippen molar-refractivity contribution in [2.45, 2.75) is 32.9 Å². The van der Waals surface area contributed by atoms with Crippen LogP contribution < -0.4 is 10.5 Å². The number of hydrogen-bond acceptors (Lipinski definition) is 3. The first kappa shape index (κ1) is 14.9. The molecule has 0 fully saturated rings. The quantitative estimate of drug-likeness (QED) is 0.812. The molecule has 3 nitrogen and oxygen atoms in total. The monoisotopic (exact) mass is 254 g/mol. The summed E-state index contributed by atoms with van der Waals surface area (Å²) in [6.45, 7) is 6.62. The smallest absolute Gasteiger partial charge is 0.165 e. The van der Waals surface area contributed by atoms with E-state index in [0.717, 1.165) is 25.1 Å². The third kappa shape index (κ3) is 4.27. The summed E-state index contributed by atoms with van der Waals surface area (Å²) in [5, 5.41) is 0. The van der Waals surface area contributed by atoms with Gasteiger partial charge < -0.3 is 10.5 Å².